The van der Waals surface area contributed by atoms with Crippen LogP contribution in [0.2, 0.25) is 0 Å². The van der Waals surface area contributed by atoms with Gasteiger partial charge in [-0.15, -0.1) is 11.3 Å². The van der Waals surface area contributed by atoms with Crippen molar-refractivity contribution in [3.63, 3.8) is 0 Å². The molecule has 0 bridgehead atoms. The number of hydrogen-bond acceptors (Lipinski definition) is 3. The van der Waals surface area contributed by atoms with Crippen molar-refractivity contribution >= 4 is 17.6 Å². The van der Waals surface area contributed by atoms with Crippen LogP contribution in [-0.4, -0.2) is 16.1 Å². The van der Waals surface area contributed by atoms with Crippen molar-refractivity contribution in [2.24, 2.45) is 7.05 Å². The molecule has 0 unspecified atom stereocenters. The summed E-state index contributed by atoms with van der Waals surface area (Å²) in [7, 11) is 1.87. The number of aldehydes is 1. The van der Waals surface area contributed by atoms with Crippen LogP contribution in [0.15, 0.2) is 24.5 Å². The second kappa shape index (κ2) is 3.14. The molecule has 0 saturated carbocycles. The maximum atomic E-state index is 10.4. The highest BCUT2D eigenvalue weighted by atomic mass is 32.1. The third kappa shape index (κ3) is 1.53. The molecular formula is C9H8N2OS. The predicted octanol–water partition coefficient (Wildman–Crippen LogP) is 1.96. The molecule has 0 amide bonds. The van der Waals surface area contributed by atoms with Crippen LogP contribution in [0.1, 0.15) is 9.67 Å². The van der Waals surface area contributed by atoms with Crippen LogP contribution in [0.5, 0.6) is 0 Å². The molecule has 13 heavy (non-hydrogen) atoms. The molecule has 2 aromatic heterocycles. The topological polar surface area (TPSA) is 34.9 Å². The van der Waals surface area contributed by atoms with E-state index in [-0.39, 0.29) is 0 Å². The maximum Gasteiger partial charge on any atom is 0.160 e. The van der Waals surface area contributed by atoms with Crippen molar-refractivity contribution < 1.29 is 4.79 Å². The zero-order valence-electron chi connectivity index (χ0n) is 7.10. The maximum absolute atomic E-state index is 10.4. The van der Waals surface area contributed by atoms with Gasteiger partial charge in [-0.3, -0.25) is 9.48 Å². The molecule has 0 fully saturated rings. The molecule has 2 rings (SSSR count). The zero-order chi connectivity index (χ0) is 9.26. The van der Waals surface area contributed by atoms with E-state index in [1.165, 1.54) is 11.3 Å². The van der Waals surface area contributed by atoms with Crippen molar-refractivity contribution in [2.45, 2.75) is 0 Å². The molecule has 0 N–H and O–H groups in total. The van der Waals surface area contributed by atoms with E-state index in [4.69, 9.17) is 0 Å². The summed E-state index contributed by atoms with van der Waals surface area (Å²) in [5.41, 5.74) is 1.06. The summed E-state index contributed by atoms with van der Waals surface area (Å²) in [6.45, 7) is 0. The van der Waals surface area contributed by atoms with Crippen molar-refractivity contribution in [1.82, 2.24) is 9.78 Å². The van der Waals surface area contributed by atoms with E-state index in [1.54, 1.807) is 10.9 Å². The molecule has 0 aromatic carbocycles. The van der Waals surface area contributed by atoms with Gasteiger partial charge in [0.1, 0.15) is 0 Å². The highest BCUT2D eigenvalue weighted by molar-refractivity contribution is 7.17. The number of carbonyl (C=O) groups is 1. The Bertz CT molecular complexity index is 430. The van der Waals surface area contributed by atoms with Crippen LogP contribution >= 0.6 is 11.3 Å². The van der Waals surface area contributed by atoms with Crippen LogP contribution in [-0.2, 0) is 7.05 Å². The van der Waals surface area contributed by atoms with Gasteiger partial charge in [-0.05, 0) is 12.1 Å². The lowest BCUT2D eigenvalue weighted by molar-refractivity contribution is 0.112. The fraction of sp³-hybridized carbons (Fsp3) is 0.111. The summed E-state index contributed by atoms with van der Waals surface area (Å²) in [4.78, 5) is 12.3. The Balaban J connectivity index is 2.40. The van der Waals surface area contributed by atoms with Gasteiger partial charge in [0.15, 0.2) is 6.29 Å². The first-order valence-corrected chi connectivity index (χ1v) is 4.65. The number of hydrogen-bond donors (Lipinski definition) is 0. The van der Waals surface area contributed by atoms with Gasteiger partial charge >= 0.3 is 0 Å². The molecular weight excluding hydrogens is 184 g/mol. The Kier molecular flexibility index (Phi) is 1.98. The summed E-state index contributed by atoms with van der Waals surface area (Å²) < 4.78 is 1.75. The molecule has 3 nitrogen and oxygen atoms in total. The van der Waals surface area contributed by atoms with Crippen molar-refractivity contribution in [3.05, 3.63) is 29.4 Å². The van der Waals surface area contributed by atoms with E-state index < -0.39 is 0 Å². The second-order valence-corrected chi connectivity index (χ2v) is 3.84. The molecule has 4 heteroatoms. The largest absolute Gasteiger partial charge is 0.297 e. The lowest BCUT2D eigenvalue weighted by Crippen LogP contribution is -1.83. The Morgan fingerprint density at radius 2 is 2.38 bits per heavy atom. The molecule has 0 aliphatic carbocycles. The monoisotopic (exact) mass is 192 g/mol. The van der Waals surface area contributed by atoms with Gasteiger partial charge in [0.2, 0.25) is 0 Å². The number of carbonyl (C=O) groups excluding carboxylic acids is 1. The highest BCUT2D eigenvalue weighted by Crippen LogP contribution is 2.26. The van der Waals surface area contributed by atoms with Crippen LogP contribution in [0.4, 0.5) is 0 Å². The lowest BCUT2D eigenvalue weighted by atomic mass is 10.3. The van der Waals surface area contributed by atoms with E-state index >= 15 is 0 Å². The van der Waals surface area contributed by atoms with Crippen LogP contribution in [0, 0.1) is 0 Å². The summed E-state index contributed by atoms with van der Waals surface area (Å²) in [6, 6.07) is 3.76. The molecule has 0 aliphatic rings. The standard InChI is InChI=1S/C9H8N2OS/c1-11-5-7(4-10-11)9-3-2-8(6-12)13-9/h2-6H,1H3. The molecule has 0 radical (unpaired) electrons. The van der Waals surface area contributed by atoms with E-state index in [2.05, 4.69) is 5.10 Å². The van der Waals surface area contributed by atoms with Crippen LogP contribution < -0.4 is 0 Å². The fourth-order valence-corrected chi connectivity index (χ4v) is 1.92. The smallest absolute Gasteiger partial charge is 0.160 e. The summed E-state index contributed by atoms with van der Waals surface area (Å²) in [5, 5.41) is 4.06. The van der Waals surface area contributed by atoms with Crippen LogP contribution in [0.25, 0.3) is 10.4 Å². The van der Waals surface area contributed by atoms with E-state index in [0.717, 1.165) is 21.6 Å². The summed E-state index contributed by atoms with van der Waals surface area (Å²) in [5.74, 6) is 0. The van der Waals surface area contributed by atoms with Gasteiger partial charge in [0, 0.05) is 23.7 Å². The first kappa shape index (κ1) is 8.19. The predicted molar refractivity (Wildman–Crippen MR) is 51.9 cm³/mol. The van der Waals surface area contributed by atoms with E-state index in [0.29, 0.717) is 0 Å². The average molecular weight is 192 g/mol. The van der Waals surface area contributed by atoms with Gasteiger partial charge < -0.3 is 0 Å². The Morgan fingerprint density at radius 3 is 2.92 bits per heavy atom. The Labute approximate surface area is 79.6 Å². The van der Waals surface area contributed by atoms with E-state index in [1.807, 2.05) is 25.4 Å². The highest BCUT2D eigenvalue weighted by Gasteiger charge is 2.03. The first-order chi connectivity index (χ1) is 6.29. The van der Waals surface area contributed by atoms with Crippen molar-refractivity contribution in [1.29, 1.82) is 0 Å². The molecule has 0 atom stereocenters. The summed E-state index contributed by atoms with van der Waals surface area (Å²) in [6.07, 6.45) is 4.59. The summed E-state index contributed by atoms with van der Waals surface area (Å²) >= 11 is 1.48. The minimum Gasteiger partial charge on any atom is -0.297 e. The van der Waals surface area contributed by atoms with Crippen molar-refractivity contribution in [2.75, 3.05) is 0 Å². The van der Waals surface area contributed by atoms with Crippen LogP contribution in [0.3, 0.4) is 0 Å². The lowest BCUT2D eigenvalue weighted by Gasteiger charge is -1.86. The van der Waals surface area contributed by atoms with Crippen molar-refractivity contribution in [3.8, 4) is 10.4 Å². The average Bonchev–Trinajstić information content (AvgIpc) is 2.71. The molecule has 0 saturated heterocycles. The Hall–Kier alpha value is -1.42. The molecule has 66 valence electrons. The first-order valence-electron chi connectivity index (χ1n) is 3.83. The zero-order valence-corrected chi connectivity index (χ0v) is 7.91. The quantitative estimate of drug-likeness (QED) is 0.682. The van der Waals surface area contributed by atoms with Gasteiger partial charge in [-0.25, -0.2) is 0 Å². The van der Waals surface area contributed by atoms with Gasteiger partial charge in [0.05, 0.1) is 11.1 Å². The minimum atomic E-state index is 0.749. The SMILES string of the molecule is Cn1cc(-c2ccc(C=O)s2)cn1. The van der Waals surface area contributed by atoms with Gasteiger partial charge in [-0.2, -0.15) is 5.10 Å². The normalized spacial score (nSPS) is 10.2. The van der Waals surface area contributed by atoms with E-state index in [9.17, 15) is 4.79 Å². The molecule has 0 spiro atoms. The Morgan fingerprint density at radius 1 is 1.54 bits per heavy atom. The molecule has 2 heterocycles. The molecule has 2 aromatic rings. The number of thiophene rings is 1. The number of nitrogens with zero attached hydrogens (tertiary/aromatic N) is 2. The molecule has 0 aliphatic heterocycles. The third-order valence-corrected chi connectivity index (χ3v) is 2.79. The second-order valence-electron chi connectivity index (χ2n) is 2.72. The van der Waals surface area contributed by atoms with Gasteiger partial charge in [0.25, 0.3) is 0 Å². The minimum absolute atomic E-state index is 0.749. The van der Waals surface area contributed by atoms with Gasteiger partial charge in [-0.1, -0.05) is 0 Å². The third-order valence-electron chi connectivity index (χ3n) is 1.73. The number of aryl methyl sites for hydroxylation is 1. The fourth-order valence-electron chi connectivity index (χ4n) is 1.12. The number of aromatic nitrogens is 2. The number of rotatable bonds is 2.